The van der Waals surface area contributed by atoms with E-state index in [1.165, 1.54) is 18.9 Å². The van der Waals surface area contributed by atoms with E-state index < -0.39 is 6.04 Å². The number of carbonyl (C=O) groups is 2. The van der Waals surface area contributed by atoms with E-state index in [0.717, 1.165) is 5.56 Å². The average Bonchev–Trinajstić information content (AvgIpc) is 2.42. The van der Waals surface area contributed by atoms with Crippen LogP contribution in [0.2, 0.25) is 0 Å². The summed E-state index contributed by atoms with van der Waals surface area (Å²) in [5.74, 6) is -0.389. The molecule has 0 fully saturated rings. The predicted molar refractivity (Wildman–Crippen MR) is 72.4 cm³/mol. The average molecular weight is 264 g/mol. The first-order chi connectivity index (χ1) is 9.06. The number of rotatable bonds is 6. The number of likely N-dealkylation sites (N-methyl/N-ethyl adjacent to an activating group) is 1. The van der Waals surface area contributed by atoms with Crippen LogP contribution in [-0.2, 0) is 20.9 Å². The molecule has 0 spiro atoms. The molecule has 0 radical (unpaired) electrons. The monoisotopic (exact) mass is 264 g/mol. The third-order valence-electron chi connectivity index (χ3n) is 2.90. The van der Waals surface area contributed by atoms with Gasteiger partial charge in [0.05, 0.1) is 6.61 Å². The maximum absolute atomic E-state index is 12.1. The van der Waals surface area contributed by atoms with Gasteiger partial charge in [0.1, 0.15) is 6.04 Å². The Kier molecular flexibility index (Phi) is 6.02. The first-order valence-corrected chi connectivity index (χ1v) is 6.10. The minimum absolute atomic E-state index is 0.170. The minimum Gasteiger partial charge on any atom is -0.382 e. The molecule has 1 aromatic carbocycles. The number of nitrogens with one attached hydrogen (secondary N) is 1. The van der Waals surface area contributed by atoms with Gasteiger partial charge in [-0.1, -0.05) is 30.3 Å². The van der Waals surface area contributed by atoms with Crippen LogP contribution in [0.25, 0.3) is 0 Å². The molecule has 5 heteroatoms. The topological polar surface area (TPSA) is 58.6 Å². The van der Waals surface area contributed by atoms with Crippen molar-refractivity contribution in [1.82, 2.24) is 10.2 Å². The fourth-order valence-electron chi connectivity index (χ4n) is 1.64. The number of hydrogen-bond donors (Lipinski definition) is 1. The summed E-state index contributed by atoms with van der Waals surface area (Å²) in [4.78, 5) is 24.8. The van der Waals surface area contributed by atoms with E-state index in [-0.39, 0.29) is 18.4 Å². The highest BCUT2D eigenvalue weighted by atomic mass is 16.5. The van der Waals surface area contributed by atoms with Crippen molar-refractivity contribution in [2.45, 2.75) is 19.5 Å². The predicted octanol–water partition coefficient (Wildman–Crippen LogP) is 0.796. The van der Waals surface area contributed by atoms with Crippen molar-refractivity contribution in [2.24, 2.45) is 0 Å². The molecule has 2 amide bonds. The lowest BCUT2D eigenvalue weighted by molar-refractivity contribution is -0.139. The molecular weight excluding hydrogens is 244 g/mol. The van der Waals surface area contributed by atoms with Crippen molar-refractivity contribution in [3.8, 4) is 0 Å². The second-order valence-electron chi connectivity index (χ2n) is 4.30. The van der Waals surface area contributed by atoms with Gasteiger partial charge < -0.3 is 15.0 Å². The van der Waals surface area contributed by atoms with Gasteiger partial charge in [-0.25, -0.2) is 0 Å². The summed E-state index contributed by atoms with van der Waals surface area (Å²) in [5, 5.41) is 2.81. The molecule has 5 nitrogen and oxygen atoms in total. The summed E-state index contributed by atoms with van der Waals surface area (Å²) < 4.78 is 4.99. The number of hydrogen-bond acceptors (Lipinski definition) is 3. The highest BCUT2D eigenvalue weighted by Crippen LogP contribution is 2.01. The Balaban J connectivity index is 2.60. The number of ether oxygens (including phenoxy) is 1. The van der Waals surface area contributed by atoms with Gasteiger partial charge in [-0.3, -0.25) is 9.59 Å². The van der Waals surface area contributed by atoms with Gasteiger partial charge in [-0.05, 0) is 5.56 Å². The van der Waals surface area contributed by atoms with E-state index in [1.807, 2.05) is 30.3 Å². The Morgan fingerprint density at radius 3 is 2.47 bits per heavy atom. The highest BCUT2D eigenvalue weighted by molar-refractivity contribution is 5.86. The molecule has 0 aliphatic carbocycles. The summed E-state index contributed by atoms with van der Waals surface area (Å²) in [6.07, 6.45) is 0. The molecule has 0 saturated carbocycles. The number of methoxy groups -OCH3 is 1. The number of nitrogens with zero attached hydrogens (tertiary/aromatic N) is 1. The lowest BCUT2D eigenvalue weighted by atomic mass is 10.2. The van der Waals surface area contributed by atoms with Crippen LogP contribution >= 0.6 is 0 Å². The molecule has 0 aliphatic rings. The maximum atomic E-state index is 12.1. The van der Waals surface area contributed by atoms with E-state index in [1.54, 1.807) is 7.05 Å². The molecule has 1 aromatic rings. The van der Waals surface area contributed by atoms with E-state index in [0.29, 0.717) is 6.54 Å². The number of benzene rings is 1. The molecule has 1 N–H and O–H groups in total. The minimum atomic E-state index is -0.605. The largest absolute Gasteiger partial charge is 0.382 e. The highest BCUT2D eigenvalue weighted by Gasteiger charge is 2.24. The molecule has 1 rings (SSSR count). The first kappa shape index (κ1) is 15.2. The number of amides is 2. The SMILES string of the molecule is COC[C@@H](C(=O)NCc1ccccc1)N(C)C(C)=O. The summed E-state index contributed by atoms with van der Waals surface area (Å²) in [6, 6.07) is 9.00. The van der Waals surface area contributed by atoms with Gasteiger partial charge in [0.15, 0.2) is 0 Å². The molecule has 1 atom stereocenters. The summed E-state index contributed by atoms with van der Waals surface area (Å²) >= 11 is 0. The molecule has 0 aliphatic heterocycles. The van der Waals surface area contributed by atoms with Gasteiger partial charge in [0, 0.05) is 27.6 Å². The van der Waals surface area contributed by atoms with Crippen LogP contribution in [0.5, 0.6) is 0 Å². The lowest BCUT2D eigenvalue weighted by Crippen LogP contribution is -2.49. The molecule has 0 saturated heterocycles. The molecular formula is C14H20N2O3. The zero-order valence-electron chi connectivity index (χ0n) is 11.6. The molecule has 0 heterocycles. The molecule has 104 valence electrons. The van der Waals surface area contributed by atoms with Gasteiger partial charge in [0.25, 0.3) is 0 Å². The van der Waals surface area contributed by atoms with Gasteiger partial charge in [0.2, 0.25) is 11.8 Å². The van der Waals surface area contributed by atoms with Crippen molar-refractivity contribution >= 4 is 11.8 Å². The Morgan fingerprint density at radius 2 is 1.95 bits per heavy atom. The second kappa shape index (κ2) is 7.53. The fraction of sp³-hybridized carbons (Fsp3) is 0.429. The third kappa shape index (κ3) is 4.71. The van der Waals surface area contributed by atoms with E-state index in [4.69, 9.17) is 4.74 Å². The zero-order valence-corrected chi connectivity index (χ0v) is 11.6. The molecule has 0 unspecified atom stereocenters. The van der Waals surface area contributed by atoms with E-state index >= 15 is 0 Å². The molecule has 19 heavy (non-hydrogen) atoms. The van der Waals surface area contributed by atoms with Crippen LogP contribution < -0.4 is 5.32 Å². The van der Waals surface area contributed by atoms with Gasteiger partial charge >= 0.3 is 0 Å². The van der Waals surface area contributed by atoms with Crippen LogP contribution in [-0.4, -0.2) is 43.5 Å². The van der Waals surface area contributed by atoms with Crippen LogP contribution in [0.3, 0.4) is 0 Å². The van der Waals surface area contributed by atoms with Gasteiger partial charge in [-0.15, -0.1) is 0 Å². The van der Waals surface area contributed by atoms with Crippen molar-refractivity contribution < 1.29 is 14.3 Å². The third-order valence-corrected chi connectivity index (χ3v) is 2.90. The number of carbonyl (C=O) groups excluding carboxylic acids is 2. The quantitative estimate of drug-likeness (QED) is 0.826. The van der Waals surface area contributed by atoms with Crippen molar-refractivity contribution in [1.29, 1.82) is 0 Å². The summed E-state index contributed by atoms with van der Waals surface area (Å²) in [5.41, 5.74) is 1.01. The maximum Gasteiger partial charge on any atom is 0.245 e. The Labute approximate surface area is 113 Å². The molecule has 0 aromatic heterocycles. The van der Waals surface area contributed by atoms with Crippen molar-refractivity contribution in [3.63, 3.8) is 0 Å². The normalized spacial score (nSPS) is 11.7. The van der Waals surface area contributed by atoms with E-state index in [2.05, 4.69) is 5.32 Å². The standard InChI is InChI=1S/C14H20N2O3/c1-11(17)16(2)13(10-19-3)14(18)15-9-12-7-5-4-6-8-12/h4-8,13H,9-10H2,1-3H3,(H,15,18)/t13-/m0/s1. The first-order valence-electron chi connectivity index (χ1n) is 6.10. The molecule has 0 bridgehead atoms. The Morgan fingerprint density at radius 1 is 1.32 bits per heavy atom. The van der Waals surface area contributed by atoms with E-state index in [9.17, 15) is 9.59 Å². The van der Waals surface area contributed by atoms with Crippen molar-refractivity contribution in [3.05, 3.63) is 35.9 Å². The fourth-order valence-corrected chi connectivity index (χ4v) is 1.64. The zero-order chi connectivity index (χ0) is 14.3. The van der Waals surface area contributed by atoms with Crippen LogP contribution in [0.1, 0.15) is 12.5 Å². The van der Waals surface area contributed by atoms with Crippen LogP contribution in [0, 0.1) is 0 Å². The smallest absolute Gasteiger partial charge is 0.245 e. The van der Waals surface area contributed by atoms with Crippen LogP contribution in [0.15, 0.2) is 30.3 Å². The van der Waals surface area contributed by atoms with Gasteiger partial charge in [-0.2, -0.15) is 0 Å². The second-order valence-corrected chi connectivity index (χ2v) is 4.30. The Hall–Kier alpha value is -1.88. The Bertz CT molecular complexity index is 420. The lowest BCUT2D eigenvalue weighted by Gasteiger charge is -2.25. The van der Waals surface area contributed by atoms with Crippen LogP contribution in [0.4, 0.5) is 0 Å². The van der Waals surface area contributed by atoms with Crippen molar-refractivity contribution in [2.75, 3.05) is 20.8 Å². The summed E-state index contributed by atoms with van der Waals surface area (Å²) in [6.45, 7) is 2.04. The summed E-state index contributed by atoms with van der Waals surface area (Å²) in [7, 11) is 3.10.